The molecule has 1 rings (SSSR count). The molecule has 0 amide bonds. The predicted octanol–water partition coefficient (Wildman–Crippen LogP) is 4.13. The maximum absolute atomic E-state index is 11.2. The molecule has 11 heavy (non-hydrogen) atoms. The Balaban J connectivity index is 3.14. The summed E-state index contributed by atoms with van der Waals surface area (Å²) >= 11 is 9.81. The lowest BCUT2D eigenvalue weighted by atomic mass is 10.2. The van der Waals surface area contributed by atoms with Gasteiger partial charge in [-0.25, -0.2) is 0 Å². The molecule has 0 N–H and O–H groups in total. The fourth-order valence-corrected chi connectivity index (χ4v) is 1.68. The van der Waals surface area contributed by atoms with Crippen molar-refractivity contribution in [2.45, 2.75) is 2.14 Å². The van der Waals surface area contributed by atoms with Crippen molar-refractivity contribution in [3.8, 4) is 5.75 Å². The molecule has 0 saturated heterocycles. The molecule has 0 heterocycles. The number of halogens is 3. The Morgan fingerprint density at radius 2 is 1.64 bits per heavy atom. The van der Waals surface area contributed by atoms with E-state index in [1.165, 1.54) is 6.07 Å². The quantitative estimate of drug-likeness (QED) is 0.631. The molecule has 1 aromatic carbocycles. The minimum absolute atomic E-state index is 0.00174. The summed E-state index contributed by atoms with van der Waals surface area (Å²) in [5, 5.41) is 11.2. The van der Waals surface area contributed by atoms with Gasteiger partial charge >= 0.3 is 0 Å². The van der Waals surface area contributed by atoms with Crippen molar-refractivity contribution >= 4 is 47.8 Å². The van der Waals surface area contributed by atoms with E-state index in [2.05, 4.69) is 47.8 Å². The number of hydrogen-bond donors (Lipinski definition) is 0. The first-order valence-electron chi connectivity index (χ1n) is 2.85. The van der Waals surface area contributed by atoms with Crippen molar-refractivity contribution in [3.63, 3.8) is 0 Å². The molecule has 0 aliphatic carbocycles. The standard InChI is InChI=1S/C7H4Br3O/c8-7(9,10)5-3-1-2-4-6(5)11/h1-4H. The van der Waals surface area contributed by atoms with E-state index < -0.39 is 2.14 Å². The molecule has 0 atom stereocenters. The van der Waals surface area contributed by atoms with Gasteiger partial charge in [0.25, 0.3) is 0 Å². The topological polar surface area (TPSA) is 19.9 Å². The van der Waals surface area contributed by atoms with Gasteiger partial charge in [-0.15, -0.1) is 0 Å². The Morgan fingerprint density at radius 1 is 1.09 bits per heavy atom. The summed E-state index contributed by atoms with van der Waals surface area (Å²) in [6, 6.07) is 6.80. The second-order valence-corrected chi connectivity index (χ2v) is 8.75. The van der Waals surface area contributed by atoms with E-state index in [0.29, 0.717) is 5.56 Å². The molecule has 0 aromatic heterocycles. The van der Waals surface area contributed by atoms with Crippen molar-refractivity contribution in [1.82, 2.24) is 0 Å². The van der Waals surface area contributed by atoms with Crippen LogP contribution in [0.3, 0.4) is 0 Å². The minimum Gasteiger partial charge on any atom is -0.290 e. The molecule has 0 fully saturated rings. The zero-order valence-corrected chi connectivity index (χ0v) is 10.1. The molecular formula is C7H4Br3O. The summed E-state index contributed by atoms with van der Waals surface area (Å²) in [7, 11) is 0. The van der Waals surface area contributed by atoms with Crippen LogP contribution in [0.1, 0.15) is 5.56 Å². The van der Waals surface area contributed by atoms with Crippen molar-refractivity contribution < 1.29 is 5.11 Å². The second-order valence-electron chi connectivity index (χ2n) is 1.99. The van der Waals surface area contributed by atoms with Crippen LogP contribution >= 0.6 is 47.8 Å². The summed E-state index contributed by atoms with van der Waals surface area (Å²) in [5.74, 6) is -0.00174. The van der Waals surface area contributed by atoms with Gasteiger partial charge in [0.05, 0.1) is 0 Å². The third-order valence-corrected chi connectivity index (χ3v) is 2.47. The van der Waals surface area contributed by atoms with Crippen LogP contribution in [-0.4, -0.2) is 0 Å². The molecule has 59 valence electrons. The van der Waals surface area contributed by atoms with Gasteiger partial charge < -0.3 is 0 Å². The first-order valence-corrected chi connectivity index (χ1v) is 5.23. The molecule has 0 spiro atoms. The lowest BCUT2D eigenvalue weighted by molar-refractivity contribution is 0.351. The average molecular weight is 344 g/mol. The Kier molecular flexibility index (Phi) is 3.00. The van der Waals surface area contributed by atoms with Crippen molar-refractivity contribution in [2.24, 2.45) is 0 Å². The SMILES string of the molecule is [O]c1ccccc1C(Br)(Br)Br. The van der Waals surface area contributed by atoms with Crippen LogP contribution in [0.25, 0.3) is 0 Å². The van der Waals surface area contributed by atoms with E-state index >= 15 is 0 Å². The van der Waals surface area contributed by atoms with E-state index in [1.807, 2.05) is 6.07 Å². The molecule has 0 unspecified atom stereocenters. The van der Waals surface area contributed by atoms with Gasteiger partial charge in [0.2, 0.25) is 0 Å². The maximum Gasteiger partial charge on any atom is 0.184 e. The Labute approximate surface area is 90.2 Å². The molecule has 0 bridgehead atoms. The van der Waals surface area contributed by atoms with E-state index in [1.54, 1.807) is 12.1 Å². The molecular weight excluding hydrogens is 340 g/mol. The highest BCUT2D eigenvalue weighted by atomic mass is 80.0. The van der Waals surface area contributed by atoms with Crippen LogP contribution in [0, 0.1) is 0 Å². The monoisotopic (exact) mass is 341 g/mol. The normalized spacial score (nSPS) is 11.5. The van der Waals surface area contributed by atoms with Gasteiger partial charge in [0, 0.05) is 5.56 Å². The van der Waals surface area contributed by atoms with Crippen LogP contribution in [0.4, 0.5) is 0 Å². The minimum atomic E-state index is -0.592. The van der Waals surface area contributed by atoms with Crippen molar-refractivity contribution in [1.29, 1.82) is 0 Å². The number of rotatable bonds is 0. The van der Waals surface area contributed by atoms with Gasteiger partial charge in [-0.2, -0.15) is 0 Å². The van der Waals surface area contributed by atoms with Crippen LogP contribution in [-0.2, 0) is 7.25 Å². The fourth-order valence-electron chi connectivity index (χ4n) is 0.701. The molecule has 0 aliphatic rings. The molecule has 1 nitrogen and oxygen atoms in total. The van der Waals surface area contributed by atoms with Crippen LogP contribution in [0.15, 0.2) is 24.3 Å². The Morgan fingerprint density at radius 3 is 2.00 bits per heavy atom. The fraction of sp³-hybridized carbons (Fsp3) is 0.143. The summed E-state index contributed by atoms with van der Waals surface area (Å²) in [5.41, 5.74) is 0.639. The summed E-state index contributed by atoms with van der Waals surface area (Å²) in [6.07, 6.45) is 0. The lowest BCUT2D eigenvalue weighted by Crippen LogP contribution is -1.96. The van der Waals surface area contributed by atoms with Gasteiger partial charge in [0.15, 0.2) is 7.89 Å². The Bertz CT molecular complexity index is 254. The number of hydrogen-bond acceptors (Lipinski definition) is 0. The summed E-state index contributed by atoms with van der Waals surface area (Å²) in [4.78, 5) is 0. The highest BCUT2D eigenvalue weighted by molar-refractivity contribution is 9.38. The van der Waals surface area contributed by atoms with Crippen LogP contribution in [0.5, 0.6) is 5.75 Å². The summed E-state index contributed by atoms with van der Waals surface area (Å²) < 4.78 is -0.592. The number of para-hydroxylation sites is 1. The van der Waals surface area contributed by atoms with E-state index in [-0.39, 0.29) is 5.75 Å². The van der Waals surface area contributed by atoms with Crippen LogP contribution in [0.2, 0.25) is 0 Å². The summed E-state index contributed by atoms with van der Waals surface area (Å²) in [6.45, 7) is 0. The lowest BCUT2D eigenvalue weighted by Gasteiger charge is -2.11. The zero-order chi connectivity index (χ0) is 8.48. The van der Waals surface area contributed by atoms with E-state index in [4.69, 9.17) is 0 Å². The van der Waals surface area contributed by atoms with Crippen LogP contribution < -0.4 is 0 Å². The smallest absolute Gasteiger partial charge is 0.184 e. The van der Waals surface area contributed by atoms with E-state index in [0.717, 1.165) is 0 Å². The third-order valence-electron chi connectivity index (χ3n) is 1.19. The molecule has 1 aromatic rings. The van der Waals surface area contributed by atoms with Gasteiger partial charge in [-0.1, -0.05) is 66.0 Å². The van der Waals surface area contributed by atoms with Gasteiger partial charge in [0.1, 0.15) is 0 Å². The second kappa shape index (κ2) is 3.46. The van der Waals surface area contributed by atoms with Crippen molar-refractivity contribution in [2.75, 3.05) is 0 Å². The van der Waals surface area contributed by atoms with Gasteiger partial charge in [-0.3, -0.25) is 5.11 Å². The average Bonchev–Trinajstić information content (AvgIpc) is 1.86. The molecule has 0 saturated carbocycles. The third kappa shape index (κ3) is 2.46. The molecule has 0 aliphatic heterocycles. The number of alkyl halides is 3. The van der Waals surface area contributed by atoms with E-state index in [9.17, 15) is 5.11 Å². The maximum atomic E-state index is 11.2. The predicted molar refractivity (Wildman–Crippen MR) is 55.0 cm³/mol. The highest BCUT2D eigenvalue weighted by Gasteiger charge is 2.24. The largest absolute Gasteiger partial charge is 0.290 e. The first-order chi connectivity index (χ1) is 5.02. The first kappa shape index (κ1) is 9.55. The number of benzene rings is 1. The van der Waals surface area contributed by atoms with Gasteiger partial charge in [-0.05, 0) is 6.07 Å². The highest BCUT2D eigenvalue weighted by Crippen LogP contribution is 2.47. The molecule has 4 heteroatoms. The Hall–Kier alpha value is 0.460. The zero-order valence-electron chi connectivity index (χ0n) is 5.35. The molecule has 1 radical (unpaired) electrons. The van der Waals surface area contributed by atoms with Crippen molar-refractivity contribution in [3.05, 3.63) is 29.8 Å².